The van der Waals surface area contributed by atoms with Crippen molar-refractivity contribution >= 4 is 16.8 Å². The van der Waals surface area contributed by atoms with Gasteiger partial charge in [-0.25, -0.2) is 0 Å². The van der Waals surface area contributed by atoms with Gasteiger partial charge in [-0.15, -0.1) is 0 Å². The quantitative estimate of drug-likeness (QED) is 0.205. The van der Waals surface area contributed by atoms with E-state index in [1.54, 1.807) is 0 Å². The molecule has 42 heavy (non-hydrogen) atoms. The highest BCUT2D eigenvalue weighted by atomic mass is 14.5. The van der Waals surface area contributed by atoms with Crippen molar-refractivity contribution in [2.75, 3.05) is 0 Å². The van der Waals surface area contributed by atoms with Gasteiger partial charge in [-0.1, -0.05) is 130 Å². The average Bonchev–Trinajstić information content (AvgIpc) is 3.31. The van der Waals surface area contributed by atoms with Crippen molar-refractivity contribution in [2.45, 2.75) is 38.5 Å². The molecule has 6 aromatic rings. The summed E-state index contributed by atoms with van der Waals surface area (Å²) in [6, 6.07) is 43.5. The van der Waals surface area contributed by atoms with Gasteiger partial charge in [-0.05, 0) is 109 Å². The second-order valence-corrected chi connectivity index (χ2v) is 12.6. The fourth-order valence-electron chi connectivity index (χ4n) is 8.36. The van der Waals surface area contributed by atoms with Crippen molar-refractivity contribution in [1.29, 1.82) is 0 Å². The summed E-state index contributed by atoms with van der Waals surface area (Å²) in [5.74, 6) is 0. The molecule has 2 aliphatic rings. The smallest absolute Gasteiger partial charge is 0.0719 e. The molecule has 0 bridgehead atoms. The molecule has 8 rings (SSSR count). The molecule has 0 heteroatoms. The lowest BCUT2D eigenvalue weighted by Gasteiger charge is -2.46. The molecule has 0 radical (unpaired) electrons. The molecule has 0 atom stereocenters. The Kier molecular flexibility index (Phi) is 5.17. The molecule has 0 heterocycles. The maximum atomic E-state index is 4.24. The summed E-state index contributed by atoms with van der Waals surface area (Å²) in [6.45, 7) is 13.5. The van der Waals surface area contributed by atoms with Gasteiger partial charge in [0, 0.05) is 5.41 Å². The lowest BCUT2D eigenvalue weighted by molar-refractivity contribution is 0.563. The van der Waals surface area contributed by atoms with Crippen molar-refractivity contribution in [2.24, 2.45) is 0 Å². The van der Waals surface area contributed by atoms with Crippen LogP contribution in [0.15, 0.2) is 122 Å². The molecule has 0 aromatic heterocycles. The van der Waals surface area contributed by atoms with E-state index in [2.05, 4.69) is 150 Å². The zero-order chi connectivity index (χ0) is 28.8. The molecule has 0 N–H and O–H groups in total. The van der Waals surface area contributed by atoms with Gasteiger partial charge in [-0.3, -0.25) is 0 Å². The Bertz CT molecular complexity index is 2050. The third-order valence-corrected chi connectivity index (χ3v) is 10.3. The highest BCUT2D eigenvalue weighted by molar-refractivity contribution is 5.97. The Morgan fingerprint density at radius 1 is 0.571 bits per heavy atom. The Labute approximate surface area is 249 Å². The highest BCUT2D eigenvalue weighted by Crippen LogP contribution is 2.62. The van der Waals surface area contributed by atoms with E-state index in [0.29, 0.717) is 0 Å². The van der Waals surface area contributed by atoms with E-state index < -0.39 is 0 Å². The molecule has 0 saturated heterocycles. The first kappa shape index (κ1) is 25.1. The number of hydrogen-bond donors (Lipinski definition) is 0. The summed E-state index contributed by atoms with van der Waals surface area (Å²) in [4.78, 5) is 0. The highest BCUT2D eigenvalue weighted by Gasteiger charge is 2.53. The van der Waals surface area contributed by atoms with Gasteiger partial charge < -0.3 is 0 Å². The van der Waals surface area contributed by atoms with Gasteiger partial charge in [0.15, 0.2) is 0 Å². The lowest BCUT2D eigenvalue weighted by Crippen LogP contribution is -2.40. The van der Waals surface area contributed by atoms with Crippen molar-refractivity contribution in [3.63, 3.8) is 0 Å². The summed E-state index contributed by atoms with van der Waals surface area (Å²) < 4.78 is 0. The Morgan fingerprint density at radius 3 is 1.88 bits per heavy atom. The van der Waals surface area contributed by atoms with E-state index in [9.17, 15) is 0 Å². The van der Waals surface area contributed by atoms with E-state index in [1.807, 2.05) is 6.08 Å². The van der Waals surface area contributed by atoms with Crippen LogP contribution in [-0.2, 0) is 10.8 Å². The van der Waals surface area contributed by atoms with Gasteiger partial charge >= 0.3 is 0 Å². The molecular weight excluding hydrogens is 504 g/mol. The minimum absolute atomic E-state index is 0.0907. The second kappa shape index (κ2) is 8.66. The van der Waals surface area contributed by atoms with Crippen LogP contribution in [0.25, 0.3) is 39.1 Å². The molecule has 0 nitrogen and oxygen atoms in total. The van der Waals surface area contributed by atoms with Crippen LogP contribution in [0.3, 0.4) is 0 Å². The molecule has 0 unspecified atom stereocenters. The fourth-order valence-corrected chi connectivity index (χ4v) is 8.36. The summed E-state index contributed by atoms with van der Waals surface area (Å²) in [5, 5.41) is 2.55. The Morgan fingerprint density at radius 2 is 1.19 bits per heavy atom. The van der Waals surface area contributed by atoms with Crippen LogP contribution in [0, 0.1) is 13.8 Å². The minimum Gasteiger partial charge on any atom is -0.0984 e. The molecular formula is C42H34. The molecule has 202 valence electrons. The van der Waals surface area contributed by atoms with E-state index >= 15 is 0 Å². The number of aryl methyl sites for hydroxylation is 2. The van der Waals surface area contributed by atoms with Gasteiger partial charge in [0.2, 0.25) is 0 Å². The van der Waals surface area contributed by atoms with Crippen LogP contribution in [0.2, 0.25) is 0 Å². The number of rotatable bonds is 2. The number of fused-ring (bicyclic) bond motifs is 10. The molecule has 1 spiro atoms. The van der Waals surface area contributed by atoms with Gasteiger partial charge in [0.25, 0.3) is 0 Å². The van der Waals surface area contributed by atoms with Crippen molar-refractivity contribution in [3.05, 3.63) is 172 Å². The van der Waals surface area contributed by atoms with Crippen LogP contribution >= 0.6 is 0 Å². The molecule has 0 aliphatic heterocycles. The molecule has 0 saturated carbocycles. The average molecular weight is 539 g/mol. The number of hydrogen-bond acceptors (Lipinski definition) is 0. The Hall–Kier alpha value is -4.68. The third-order valence-electron chi connectivity index (χ3n) is 10.3. The standard InChI is InChI=1S/C42H34/c1-6-30-27(3)31-16-8-7-15-28(31)24-32(30)29-22-23-34-33(25-29)40-26(2)14-13-21-39(40)42(34)37-19-11-9-17-35(37)41(4,5)36-18-10-12-20-38(36)42/h6-25H,1H2,2-5H3. The van der Waals surface area contributed by atoms with Gasteiger partial charge in [0.05, 0.1) is 5.41 Å². The molecule has 6 aromatic carbocycles. The lowest BCUT2D eigenvalue weighted by atomic mass is 9.55. The van der Waals surface area contributed by atoms with Crippen LogP contribution in [0.4, 0.5) is 0 Å². The third kappa shape index (κ3) is 3.02. The van der Waals surface area contributed by atoms with Crippen molar-refractivity contribution in [1.82, 2.24) is 0 Å². The molecule has 2 aliphatic carbocycles. The van der Waals surface area contributed by atoms with Crippen LogP contribution in [0.5, 0.6) is 0 Å². The molecule has 0 fully saturated rings. The summed E-state index contributed by atoms with van der Waals surface area (Å²) >= 11 is 0. The predicted molar refractivity (Wildman–Crippen MR) is 178 cm³/mol. The van der Waals surface area contributed by atoms with Gasteiger partial charge in [0.1, 0.15) is 0 Å². The topological polar surface area (TPSA) is 0 Å². The van der Waals surface area contributed by atoms with Crippen LogP contribution < -0.4 is 0 Å². The summed E-state index contributed by atoms with van der Waals surface area (Å²) in [6.07, 6.45) is 2.03. The van der Waals surface area contributed by atoms with E-state index in [4.69, 9.17) is 0 Å². The fraction of sp³-hybridized carbons (Fsp3) is 0.143. The summed E-state index contributed by atoms with van der Waals surface area (Å²) in [5.41, 5.74) is 16.9. The zero-order valence-corrected chi connectivity index (χ0v) is 24.8. The van der Waals surface area contributed by atoms with E-state index in [0.717, 1.165) is 0 Å². The first-order valence-electron chi connectivity index (χ1n) is 15.0. The van der Waals surface area contributed by atoms with Crippen LogP contribution in [-0.4, -0.2) is 0 Å². The normalized spacial score (nSPS) is 15.1. The predicted octanol–water partition coefficient (Wildman–Crippen LogP) is 10.8. The Balaban J connectivity index is 1.49. The minimum atomic E-state index is -0.363. The SMILES string of the molecule is C=Cc1c(-c2ccc3c(c2)-c2c(C)cccc2C32c3ccccc3C(C)(C)c3ccccc32)cc2ccccc2c1C. The first-order chi connectivity index (χ1) is 20.4. The monoisotopic (exact) mass is 538 g/mol. The molecule has 0 amide bonds. The van der Waals surface area contributed by atoms with Crippen LogP contribution in [0.1, 0.15) is 63.9 Å². The number of benzene rings is 6. The largest absolute Gasteiger partial charge is 0.0984 e. The van der Waals surface area contributed by atoms with Crippen molar-refractivity contribution in [3.8, 4) is 22.3 Å². The van der Waals surface area contributed by atoms with E-state index in [1.165, 1.54) is 83.1 Å². The maximum absolute atomic E-state index is 4.24. The van der Waals surface area contributed by atoms with Gasteiger partial charge in [-0.2, -0.15) is 0 Å². The van der Waals surface area contributed by atoms with Crippen molar-refractivity contribution < 1.29 is 0 Å². The van der Waals surface area contributed by atoms with E-state index in [-0.39, 0.29) is 10.8 Å². The maximum Gasteiger partial charge on any atom is 0.0719 e. The zero-order valence-electron chi connectivity index (χ0n) is 24.8. The second-order valence-electron chi connectivity index (χ2n) is 12.6. The summed E-state index contributed by atoms with van der Waals surface area (Å²) in [7, 11) is 0. The first-order valence-corrected chi connectivity index (χ1v) is 15.0.